The highest BCUT2D eigenvalue weighted by Crippen LogP contribution is 2.31. The predicted molar refractivity (Wildman–Crippen MR) is 73.0 cm³/mol. The van der Waals surface area contributed by atoms with E-state index in [2.05, 4.69) is 22.5 Å². The minimum atomic E-state index is -4.70. The number of carboxylic acids is 1. The summed E-state index contributed by atoms with van der Waals surface area (Å²) >= 11 is 2.95. The first-order chi connectivity index (χ1) is 9.62. The van der Waals surface area contributed by atoms with Crippen LogP contribution in [0.1, 0.15) is 22.3 Å². The Bertz CT molecular complexity index is 572. The fourth-order valence-electron chi connectivity index (χ4n) is 1.59. The molecule has 0 fully saturated rings. The Hall–Kier alpha value is -1.83. The maximum atomic E-state index is 12.8. The molecule has 4 nitrogen and oxygen atoms in total. The summed E-state index contributed by atoms with van der Waals surface area (Å²) in [5.74, 6) is -2.47. The average Bonchev–Trinajstić information content (AvgIpc) is 2.36. The van der Waals surface area contributed by atoms with Crippen molar-refractivity contribution in [3.8, 4) is 0 Å². The van der Waals surface area contributed by atoms with Crippen molar-refractivity contribution in [2.75, 3.05) is 0 Å². The number of aliphatic carboxylic acids is 1. The number of hydrogen-bond donors (Lipinski definition) is 2. The van der Waals surface area contributed by atoms with Gasteiger partial charge in [0.25, 0.3) is 5.91 Å². The van der Waals surface area contributed by atoms with Crippen molar-refractivity contribution in [3.05, 3.63) is 46.5 Å². The van der Waals surface area contributed by atoms with Gasteiger partial charge >= 0.3 is 12.1 Å². The molecule has 0 bridgehead atoms. The average molecular weight is 366 g/mol. The molecule has 21 heavy (non-hydrogen) atoms. The number of carbonyl (C=O) groups is 2. The van der Waals surface area contributed by atoms with Gasteiger partial charge in [-0.2, -0.15) is 13.2 Å². The van der Waals surface area contributed by atoms with Gasteiger partial charge in [-0.1, -0.05) is 34.6 Å². The fraction of sp³-hybridized carbons (Fsp3) is 0.231. The molecule has 0 aromatic heterocycles. The molecule has 1 amide bonds. The SMILES string of the molecule is C=C(Br)C[C@H](NC(=O)c1ccccc1C(F)(F)F)C(=O)O. The molecule has 114 valence electrons. The van der Waals surface area contributed by atoms with Gasteiger partial charge in [0.15, 0.2) is 0 Å². The van der Waals surface area contributed by atoms with Crippen LogP contribution in [0, 0.1) is 0 Å². The number of alkyl halides is 3. The smallest absolute Gasteiger partial charge is 0.417 e. The summed E-state index contributed by atoms with van der Waals surface area (Å²) in [5, 5.41) is 11.0. The number of nitrogens with one attached hydrogen (secondary N) is 1. The summed E-state index contributed by atoms with van der Waals surface area (Å²) in [7, 11) is 0. The molecular weight excluding hydrogens is 355 g/mol. The van der Waals surface area contributed by atoms with Crippen LogP contribution in [-0.2, 0) is 11.0 Å². The molecule has 0 radical (unpaired) electrons. The molecule has 0 saturated carbocycles. The molecule has 0 unspecified atom stereocenters. The van der Waals surface area contributed by atoms with Crippen molar-refractivity contribution >= 4 is 27.8 Å². The maximum Gasteiger partial charge on any atom is 0.417 e. The van der Waals surface area contributed by atoms with Gasteiger partial charge in [0.1, 0.15) is 6.04 Å². The molecular formula is C13H11BrF3NO3. The Morgan fingerprint density at radius 1 is 1.33 bits per heavy atom. The largest absolute Gasteiger partial charge is 0.480 e. The molecule has 1 aromatic rings. The van der Waals surface area contributed by atoms with Crippen LogP contribution in [0.3, 0.4) is 0 Å². The highest BCUT2D eigenvalue weighted by atomic mass is 79.9. The third-order valence-electron chi connectivity index (χ3n) is 2.51. The van der Waals surface area contributed by atoms with Crippen molar-refractivity contribution < 1.29 is 27.9 Å². The number of hydrogen-bond acceptors (Lipinski definition) is 2. The minimum absolute atomic E-state index is 0.144. The summed E-state index contributed by atoms with van der Waals surface area (Å²) in [4.78, 5) is 22.9. The second-order valence-corrected chi connectivity index (χ2v) is 5.25. The van der Waals surface area contributed by atoms with E-state index >= 15 is 0 Å². The lowest BCUT2D eigenvalue weighted by molar-refractivity contribution is -0.139. The molecule has 8 heteroatoms. The number of carbonyl (C=O) groups excluding carboxylic acids is 1. The molecule has 2 N–H and O–H groups in total. The first-order valence-corrected chi connectivity index (χ1v) is 6.45. The van der Waals surface area contributed by atoms with Gasteiger partial charge in [0.05, 0.1) is 11.1 Å². The van der Waals surface area contributed by atoms with Gasteiger partial charge in [-0.15, -0.1) is 0 Å². The molecule has 1 atom stereocenters. The number of rotatable bonds is 5. The van der Waals surface area contributed by atoms with E-state index in [4.69, 9.17) is 5.11 Å². The molecule has 1 rings (SSSR count). The van der Waals surface area contributed by atoms with Crippen molar-refractivity contribution in [1.29, 1.82) is 0 Å². The first kappa shape index (κ1) is 17.2. The van der Waals surface area contributed by atoms with E-state index in [9.17, 15) is 22.8 Å². The topological polar surface area (TPSA) is 66.4 Å². The zero-order valence-corrected chi connectivity index (χ0v) is 12.2. The summed E-state index contributed by atoms with van der Waals surface area (Å²) < 4.78 is 38.7. The van der Waals surface area contributed by atoms with Crippen LogP contribution in [-0.4, -0.2) is 23.0 Å². The van der Waals surface area contributed by atoms with E-state index in [0.29, 0.717) is 4.48 Å². The standard InChI is InChI=1S/C13H11BrF3NO3/c1-7(14)6-10(12(20)21)18-11(19)8-4-2-3-5-9(8)13(15,16)17/h2-5,10H,1,6H2,(H,18,19)(H,20,21)/t10-/m0/s1. The van der Waals surface area contributed by atoms with Gasteiger partial charge in [0.2, 0.25) is 0 Å². The lowest BCUT2D eigenvalue weighted by Crippen LogP contribution is -2.41. The van der Waals surface area contributed by atoms with Gasteiger partial charge in [-0.25, -0.2) is 4.79 Å². The Labute approximate surface area is 126 Å². The van der Waals surface area contributed by atoms with Crippen molar-refractivity contribution in [1.82, 2.24) is 5.32 Å². The van der Waals surface area contributed by atoms with Crippen LogP contribution in [0.15, 0.2) is 35.3 Å². The normalized spacial score (nSPS) is 12.6. The quantitative estimate of drug-likeness (QED) is 0.841. The molecule has 0 spiro atoms. The molecule has 1 aromatic carbocycles. The van der Waals surface area contributed by atoms with E-state index in [1.54, 1.807) is 0 Å². The molecule has 0 aliphatic carbocycles. The van der Waals surface area contributed by atoms with E-state index < -0.39 is 35.2 Å². The van der Waals surface area contributed by atoms with Crippen LogP contribution in [0.25, 0.3) is 0 Å². The predicted octanol–water partition coefficient (Wildman–Crippen LogP) is 3.19. The van der Waals surface area contributed by atoms with Crippen LogP contribution in [0.4, 0.5) is 13.2 Å². The van der Waals surface area contributed by atoms with Crippen LogP contribution >= 0.6 is 15.9 Å². The number of amides is 1. The Morgan fingerprint density at radius 3 is 2.38 bits per heavy atom. The van der Waals surface area contributed by atoms with Crippen molar-refractivity contribution in [2.24, 2.45) is 0 Å². The third-order valence-corrected chi connectivity index (χ3v) is 2.83. The van der Waals surface area contributed by atoms with Gasteiger partial charge < -0.3 is 10.4 Å². The zero-order chi connectivity index (χ0) is 16.2. The summed E-state index contributed by atoms with van der Waals surface area (Å²) in [6.07, 6.45) is -4.85. The van der Waals surface area contributed by atoms with Crippen molar-refractivity contribution in [2.45, 2.75) is 18.6 Å². The van der Waals surface area contributed by atoms with Crippen molar-refractivity contribution in [3.63, 3.8) is 0 Å². The lowest BCUT2D eigenvalue weighted by Gasteiger charge is -2.16. The molecule has 0 aliphatic rings. The summed E-state index contributed by atoms with van der Waals surface area (Å²) in [5.41, 5.74) is -1.75. The van der Waals surface area contributed by atoms with E-state index in [1.165, 1.54) is 6.07 Å². The number of benzene rings is 1. The first-order valence-electron chi connectivity index (χ1n) is 5.66. The van der Waals surface area contributed by atoms with E-state index in [0.717, 1.165) is 18.2 Å². The summed E-state index contributed by atoms with van der Waals surface area (Å²) in [6, 6.07) is 2.79. The van der Waals surface area contributed by atoms with Crippen LogP contribution < -0.4 is 5.32 Å². The second kappa shape index (κ2) is 6.75. The third kappa shape index (κ3) is 4.89. The minimum Gasteiger partial charge on any atom is -0.480 e. The van der Waals surface area contributed by atoms with Gasteiger partial charge in [0, 0.05) is 6.42 Å². The number of carboxylic acid groups (broad SMARTS) is 1. The zero-order valence-electron chi connectivity index (χ0n) is 10.6. The van der Waals surface area contributed by atoms with Crippen LogP contribution in [0.5, 0.6) is 0 Å². The maximum absolute atomic E-state index is 12.8. The Morgan fingerprint density at radius 2 is 1.90 bits per heavy atom. The van der Waals surface area contributed by atoms with Gasteiger partial charge in [-0.05, 0) is 16.6 Å². The highest BCUT2D eigenvalue weighted by Gasteiger charge is 2.35. The Balaban J connectivity index is 3.04. The lowest BCUT2D eigenvalue weighted by atomic mass is 10.1. The Kier molecular flexibility index (Phi) is 5.54. The van der Waals surface area contributed by atoms with E-state index in [1.807, 2.05) is 5.32 Å². The molecule has 0 aliphatic heterocycles. The monoisotopic (exact) mass is 365 g/mol. The highest BCUT2D eigenvalue weighted by molar-refractivity contribution is 9.11. The number of halogens is 4. The van der Waals surface area contributed by atoms with Gasteiger partial charge in [-0.3, -0.25) is 4.79 Å². The molecule has 0 saturated heterocycles. The van der Waals surface area contributed by atoms with Crippen LogP contribution in [0.2, 0.25) is 0 Å². The fourth-order valence-corrected chi connectivity index (χ4v) is 1.91. The summed E-state index contributed by atoms with van der Waals surface area (Å²) in [6.45, 7) is 3.44. The molecule has 0 heterocycles. The second-order valence-electron chi connectivity index (χ2n) is 4.13. The van der Waals surface area contributed by atoms with E-state index in [-0.39, 0.29) is 6.42 Å².